The molecule has 4 unspecified atom stereocenters. The lowest BCUT2D eigenvalue weighted by Crippen LogP contribution is -2.34. The van der Waals surface area contributed by atoms with E-state index in [-0.39, 0.29) is 18.8 Å². The highest BCUT2D eigenvalue weighted by molar-refractivity contribution is 6.30. The van der Waals surface area contributed by atoms with E-state index >= 15 is 0 Å². The van der Waals surface area contributed by atoms with Gasteiger partial charge in [-0.15, -0.1) is 0 Å². The summed E-state index contributed by atoms with van der Waals surface area (Å²) < 4.78 is 17.4. The molecule has 4 atom stereocenters. The average molecular weight is 343 g/mol. The average Bonchev–Trinajstić information content (AvgIpc) is 2.99. The zero-order chi connectivity index (χ0) is 16.6. The van der Waals surface area contributed by atoms with Gasteiger partial charge in [0, 0.05) is 11.6 Å². The molecule has 0 spiro atoms. The van der Waals surface area contributed by atoms with Gasteiger partial charge in [0.1, 0.15) is 24.4 Å². The summed E-state index contributed by atoms with van der Waals surface area (Å²) in [6, 6.07) is 5.40. The lowest BCUT2D eigenvalue weighted by Gasteiger charge is -2.26. The zero-order valence-corrected chi connectivity index (χ0v) is 14.1. The van der Waals surface area contributed by atoms with Crippen LogP contribution >= 0.6 is 11.6 Å². The lowest BCUT2D eigenvalue weighted by atomic mass is 9.93. The first kappa shape index (κ1) is 17.1. The van der Waals surface area contributed by atoms with E-state index in [0.29, 0.717) is 24.5 Å². The molecule has 0 amide bonds. The van der Waals surface area contributed by atoms with Crippen LogP contribution in [0.3, 0.4) is 0 Å². The molecule has 0 bridgehead atoms. The smallest absolute Gasteiger partial charge is 0.164 e. The minimum atomic E-state index is -0.826. The number of aryl methyl sites for hydroxylation is 1. The number of ether oxygens (including phenoxy) is 3. The number of hydrogen-bond acceptors (Lipinski definition) is 5. The molecule has 2 heterocycles. The first-order chi connectivity index (χ1) is 10.9. The molecule has 2 N–H and O–H groups in total. The number of halogens is 1. The molecule has 0 saturated carbocycles. The van der Waals surface area contributed by atoms with Gasteiger partial charge in [0.2, 0.25) is 0 Å². The quantitative estimate of drug-likeness (QED) is 0.858. The van der Waals surface area contributed by atoms with Gasteiger partial charge < -0.3 is 24.4 Å². The van der Waals surface area contributed by atoms with E-state index < -0.39 is 18.0 Å². The standard InChI is InChI=1S/C17H23ClO5/c1-17(2)22-13-9-21-16(15(13)23-17)14(20)12-6-5-11(18)8-10(12)4-3-7-19/h5-6,8,13-16,19-20H,3-4,7,9H2,1-2H3. The maximum absolute atomic E-state index is 10.8. The Hall–Kier alpha value is -0.690. The molecule has 128 valence electrons. The molecule has 0 radical (unpaired) electrons. The van der Waals surface area contributed by atoms with Crippen molar-refractivity contribution in [2.24, 2.45) is 0 Å². The van der Waals surface area contributed by atoms with Gasteiger partial charge in [0.25, 0.3) is 0 Å². The molecule has 2 aliphatic heterocycles. The van der Waals surface area contributed by atoms with Crippen molar-refractivity contribution in [1.29, 1.82) is 0 Å². The predicted molar refractivity (Wildman–Crippen MR) is 85.4 cm³/mol. The first-order valence-electron chi connectivity index (χ1n) is 7.96. The first-order valence-corrected chi connectivity index (χ1v) is 8.33. The highest BCUT2D eigenvalue weighted by Gasteiger charge is 2.52. The maximum Gasteiger partial charge on any atom is 0.164 e. The summed E-state index contributed by atoms with van der Waals surface area (Å²) in [5.74, 6) is -0.656. The van der Waals surface area contributed by atoms with Crippen molar-refractivity contribution >= 4 is 11.6 Å². The molecule has 0 aromatic heterocycles. The van der Waals surface area contributed by atoms with Crippen molar-refractivity contribution < 1.29 is 24.4 Å². The van der Waals surface area contributed by atoms with Gasteiger partial charge in [-0.25, -0.2) is 0 Å². The maximum atomic E-state index is 10.8. The number of aliphatic hydroxyl groups is 2. The summed E-state index contributed by atoms with van der Waals surface area (Å²) in [6.45, 7) is 4.24. The van der Waals surface area contributed by atoms with Crippen LogP contribution < -0.4 is 0 Å². The van der Waals surface area contributed by atoms with Crippen molar-refractivity contribution in [1.82, 2.24) is 0 Å². The second kappa shape index (κ2) is 6.67. The highest BCUT2D eigenvalue weighted by Crippen LogP contribution is 2.40. The van der Waals surface area contributed by atoms with Crippen molar-refractivity contribution in [2.75, 3.05) is 13.2 Å². The van der Waals surface area contributed by atoms with E-state index in [1.165, 1.54) is 0 Å². The van der Waals surface area contributed by atoms with Crippen molar-refractivity contribution in [3.63, 3.8) is 0 Å². The van der Waals surface area contributed by atoms with E-state index in [4.69, 9.17) is 30.9 Å². The van der Waals surface area contributed by atoms with Crippen LogP contribution in [0, 0.1) is 0 Å². The van der Waals surface area contributed by atoms with Crippen LogP contribution in [0.15, 0.2) is 18.2 Å². The molecule has 2 aliphatic rings. The molecule has 3 rings (SSSR count). The largest absolute Gasteiger partial charge is 0.396 e. The zero-order valence-electron chi connectivity index (χ0n) is 13.4. The van der Waals surface area contributed by atoms with Gasteiger partial charge in [-0.1, -0.05) is 17.7 Å². The van der Waals surface area contributed by atoms with Gasteiger partial charge in [-0.3, -0.25) is 0 Å². The molecule has 1 aromatic rings. The Bertz CT molecular complexity index is 562. The highest BCUT2D eigenvalue weighted by atomic mass is 35.5. The van der Waals surface area contributed by atoms with E-state index in [0.717, 1.165) is 11.1 Å². The molecule has 2 saturated heterocycles. The molecule has 1 aromatic carbocycles. The summed E-state index contributed by atoms with van der Waals surface area (Å²) >= 11 is 6.07. The van der Waals surface area contributed by atoms with Crippen LogP contribution in [0.4, 0.5) is 0 Å². The number of aliphatic hydroxyl groups excluding tert-OH is 2. The molecule has 5 nitrogen and oxygen atoms in total. The van der Waals surface area contributed by atoms with Crippen molar-refractivity contribution in [3.05, 3.63) is 34.3 Å². The summed E-state index contributed by atoms with van der Waals surface area (Å²) in [7, 11) is 0. The molecular weight excluding hydrogens is 320 g/mol. The summed E-state index contributed by atoms with van der Waals surface area (Å²) in [5, 5.41) is 20.5. The second-order valence-corrected chi connectivity index (χ2v) is 6.99. The van der Waals surface area contributed by atoms with Crippen molar-refractivity contribution in [3.8, 4) is 0 Å². The Labute approximate surface area is 141 Å². The van der Waals surface area contributed by atoms with Crippen LogP contribution in [0.25, 0.3) is 0 Å². The topological polar surface area (TPSA) is 68.2 Å². The molecule has 23 heavy (non-hydrogen) atoms. The van der Waals surface area contributed by atoms with Crippen LogP contribution in [-0.2, 0) is 20.6 Å². The summed E-state index contributed by atoms with van der Waals surface area (Å²) in [4.78, 5) is 0. The van der Waals surface area contributed by atoms with Gasteiger partial charge in [0.15, 0.2) is 5.79 Å². The molecule has 2 fully saturated rings. The van der Waals surface area contributed by atoms with Crippen LogP contribution in [0.1, 0.15) is 37.5 Å². The minimum Gasteiger partial charge on any atom is -0.396 e. The fourth-order valence-corrected chi connectivity index (χ4v) is 3.56. The SMILES string of the molecule is CC1(C)OC2COC(C(O)c3ccc(Cl)cc3CCCO)C2O1. The third kappa shape index (κ3) is 3.55. The Morgan fingerprint density at radius 3 is 2.87 bits per heavy atom. The second-order valence-electron chi connectivity index (χ2n) is 6.55. The number of hydrogen-bond donors (Lipinski definition) is 2. The van der Waals surface area contributed by atoms with Gasteiger partial charge >= 0.3 is 0 Å². The Morgan fingerprint density at radius 2 is 2.13 bits per heavy atom. The molecule has 6 heteroatoms. The van der Waals surface area contributed by atoms with Gasteiger partial charge in [-0.05, 0) is 49.9 Å². The van der Waals surface area contributed by atoms with Crippen molar-refractivity contribution in [2.45, 2.75) is 56.9 Å². The fourth-order valence-electron chi connectivity index (χ4n) is 3.37. The van der Waals surface area contributed by atoms with E-state index in [2.05, 4.69) is 0 Å². The fraction of sp³-hybridized carbons (Fsp3) is 0.647. The predicted octanol–water partition coefficient (Wildman–Crippen LogP) is 2.22. The van der Waals surface area contributed by atoms with Crippen LogP contribution in [-0.4, -0.2) is 47.5 Å². The summed E-state index contributed by atoms with van der Waals surface area (Å²) in [6.07, 6.45) is -0.485. The number of rotatable bonds is 5. The number of benzene rings is 1. The lowest BCUT2D eigenvalue weighted by molar-refractivity contribution is -0.184. The Kier molecular flexibility index (Phi) is 4.97. The molecular formula is C17H23ClO5. The van der Waals surface area contributed by atoms with E-state index in [9.17, 15) is 5.11 Å². The Balaban J connectivity index is 1.81. The summed E-state index contributed by atoms with van der Waals surface area (Å²) in [5.41, 5.74) is 1.69. The minimum absolute atomic E-state index is 0.0951. The van der Waals surface area contributed by atoms with E-state index in [1.807, 2.05) is 26.0 Å². The molecule has 0 aliphatic carbocycles. The van der Waals surface area contributed by atoms with Gasteiger partial charge in [-0.2, -0.15) is 0 Å². The third-order valence-electron chi connectivity index (χ3n) is 4.34. The third-order valence-corrected chi connectivity index (χ3v) is 4.57. The Morgan fingerprint density at radius 1 is 1.35 bits per heavy atom. The van der Waals surface area contributed by atoms with Crippen LogP contribution in [0.5, 0.6) is 0 Å². The van der Waals surface area contributed by atoms with Gasteiger partial charge in [0.05, 0.1) is 6.61 Å². The number of fused-ring (bicyclic) bond motifs is 1. The normalized spacial score (nSPS) is 30.4. The van der Waals surface area contributed by atoms with E-state index in [1.54, 1.807) is 6.07 Å². The van der Waals surface area contributed by atoms with Crippen LogP contribution in [0.2, 0.25) is 5.02 Å². The monoisotopic (exact) mass is 342 g/mol.